The van der Waals surface area contributed by atoms with Crippen LogP contribution in [0.25, 0.3) is 45.0 Å². The number of nitrogens with zero attached hydrogens (tertiary/aromatic N) is 4. The Hall–Kier alpha value is -4.53. The van der Waals surface area contributed by atoms with Crippen molar-refractivity contribution in [1.82, 2.24) is 19.9 Å². The molecule has 5 heteroatoms. The molecule has 0 aliphatic rings. The van der Waals surface area contributed by atoms with E-state index in [1.165, 1.54) is 22.3 Å². The van der Waals surface area contributed by atoms with Crippen LogP contribution in [0.2, 0.25) is 0 Å². The zero-order valence-corrected chi connectivity index (χ0v) is 31.1. The van der Waals surface area contributed by atoms with Gasteiger partial charge in [0.25, 0.3) is 11.1 Å². The quantitative estimate of drug-likeness (QED) is 0.137. The van der Waals surface area contributed by atoms with E-state index in [1.807, 2.05) is 0 Å². The minimum absolute atomic E-state index is 0.384. The zero-order chi connectivity index (χ0) is 34.7. The number of hydrogen-bond donors (Lipinski definition) is 0. The molecule has 6 aromatic rings. The van der Waals surface area contributed by atoms with Gasteiger partial charge in [-0.25, -0.2) is 0 Å². The number of hydrogen-bond acceptors (Lipinski definition) is 4. The van der Waals surface area contributed by atoms with Crippen molar-refractivity contribution in [2.45, 2.75) is 55.4 Å². The van der Waals surface area contributed by atoms with Crippen LogP contribution in [-0.4, -0.2) is 32.3 Å². The molecule has 0 bridgehead atoms. The van der Waals surface area contributed by atoms with Crippen LogP contribution in [0.3, 0.4) is 0 Å². The molecule has 0 spiro atoms. The smallest absolute Gasteiger partial charge is 0.196 e. The fraction of sp³-hybridized carbons (Fsp3) is 0.273. The lowest BCUT2D eigenvalue weighted by molar-refractivity contribution is 0.715. The first-order valence-corrected chi connectivity index (χ1v) is 19.6. The van der Waals surface area contributed by atoms with Gasteiger partial charge in [-0.3, -0.25) is 0 Å². The summed E-state index contributed by atoms with van der Waals surface area (Å²) in [4.78, 5) is 22.2. The molecule has 0 saturated heterocycles. The number of benzene rings is 4. The van der Waals surface area contributed by atoms with Gasteiger partial charge in [-0.05, 0) is 75.9 Å². The largest absolute Gasteiger partial charge is 0.286 e. The molecule has 49 heavy (non-hydrogen) atoms. The lowest BCUT2D eigenvalue weighted by Gasteiger charge is -2.28. The van der Waals surface area contributed by atoms with Gasteiger partial charge in [-0.15, -0.1) is 0 Å². The van der Waals surface area contributed by atoms with Crippen molar-refractivity contribution in [3.05, 3.63) is 131 Å². The van der Waals surface area contributed by atoms with Crippen molar-refractivity contribution in [2.75, 3.05) is 12.3 Å². The predicted octanol–water partition coefficient (Wildman–Crippen LogP) is 10.4. The van der Waals surface area contributed by atoms with Gasteiger partial charge in [0.15, 0.2) is 7.26 Å². The van der Waals surface area contributed by atoms with E-state index < -0.39 is 7.26 Å². The third-order valence-corrected chi connectivity index (χ3v) is 13.4. The van der Waals surface area contributed by atoms with Crippen LogP contribution < -0.4 is 11.1 Å². The Kier molecular flexibility index (Phi) is 10.2. The van der Waals surface area contributed by atoms with E-state index in [4.69, 9.17) is 19.9 Å². The minimum Gasteiger partial charge on any atom is -0.196 e. The molecule has 0 aliphatic heterocycles. The molecule has 0 saturated carbocycles. The molecule has 248 valence electrons. The Balaban J connectivity index is 1.70. The highest BCUT2D eigenvalue weighted by molar-refractivity contribution is 7.88. The maximum absolute atomic E-state index is 5.54. The van der Waals surface area contributed by atoms with Crippen LogP contribution >= 0.6 is 7.26 Å². The monoisotopic (exact) mass is 663 g/mol. The van der Waals surface area contributed by atoms with Crippen LogP contribution in [0, 0.1) is 39.5 Å². The molecular formula is C44H48N4P+. The normalized spacial score (nSPS) is 11.8. The fourth-order valence-corrected chi connectivity index (χ4v) is 11.5. The highest BCUT2D eigenvalue weighted by Crippen LogP contribution is 2.58. The third kappa shape index (κ3) is 7.87. The second-order valence-electron chi connectivity index (χ2n) is 14.5. The summed E-state index contributed by atoms with van der Waals surface area (Å²) in [6.45, 7) is 17.8. The molecule has 0 radical (unpaired) electrons. The molecule has 0 unspecified atom stereocenters. The summed E-state index contributed by atoms with van der Waals surface area (Å²) < 4.78 is 0. The maximum atomic E-state index is 5.54. The SMILES string of the molecule is Cc1cccc(-c2cc(-c3cccc(C)c3)nc([P+](CC(C)C)(CC(C)C)c3nc(-c4cccc(C)c4)cc(-c4cccc(C)c4)n3)n2)c1. The van der Waals surface area contributed by atoms with Crippen molar-refractivity contribution < 1.29 is 0 Å². The summed E-state index contributed by atoms with van der Waals surface area (Å²) in [5.41, 5.74) is 14.8. The Morgan fingerprint density at radius 1 is 0.408 bits per heavy atom. The number of rotatable bonds is 10. The fourth-order valence-electron chi connectivity index (χ4n) is 6.80. The van der Waals surface area contributed by atoms with Gasteiger partial charge in [-0.1, -0.05) is 123 Å². The van der Waals surface area contributed by atoms with E-state index in [0.717, 1.165) is 68.5 Å². The van der Waals surface area contributed by atoms with Crippen LogP contribution in [0.4, 0.5) is 0 Å². The van der Waals surface area contributed by atoms with Gasteiger partial charge in [-0.2, -0.15) is 19.9 Å². The summed E-state index contributed by atoms with van der Waals surface area (Å²) in [5, 5.41) is 0. The van der Waals surface area contributed by atoms with Gasteiger partial charge < -0.3 is 0 Å². The van der Waals surface area contributed by atoms with E-state index in [2.05, 4.69) is 165 Å². The number of aryl methyl sites for hydroxylation is 4. The molecular weight excluding hydrogens is 615 g/mol. The van der Waals surface area contributed by atoms with Gasteiger partial charge >= 0.3 is 0 Å². The topological polar surface area (TPSA) is 51.6 Å². The van der Waals surface area contributed by atoms with Gasteiger partial charge in [0.1, 0.15) is 0 Å². The average Bonchev–Trinajstić information content (AvgIpc) is 3.07. The van der Waals surface area contributed by atoms with E-state index in [-0.39, 0.29) is 0 Å². The second kappa shape index (κ2) is 14.5. The Morgan fingerprint density at radius 2 is 0.673 bits per heavy atom. The van der Waals surface area contributed by atoms with Crippen molar-refractivity contribution in [3.8, 4) is 45.0 Å². The summed E-state index contributed by atoms with van der Waals surface area (Å²) >= 11 is 0. The molecule has 2 heterocycles. The summed E-state index contributed by atoms with van der Waals surface area (Å²) in [7, 11) is -2.39. The minimum atomic E-state index is -2.39. The lowest BCUT2D eigenvalue weighted by atomic mass is 10.0. The zero-order valence-electron chi connectivity index (χ0n) is 30.2. The van der Waals surface area contributed by atoms with E-state index in [0.29, 0.717) is 11.8 Å². The Bertz CT molecular complexity index is 1820. The Labute approximate surface area is 293 Å². The summed E-state index contributed by atoms with van der Waals surface area (Å²) in [6, 6.07) is 38.9. The maximum Gasteiger partial charge on any atom is 0.286 e. The highest BCUT2D eigenvalue weighted by atomic mass is 31.2. The first-order chi connectivity index (χ1) is 23.5. The van der Waals surface area contributed by atoms with Crippen molar-refractivity contribution in [1.29, 1.82) is 0 Å². The van der Waals surface area contributed by atoms with Gasteiger partial charge in [0.2, 0.25) is 0 Å². The van der Waals surface area contributed by atoms with Crippen LogP contribution in [0.15, 0.2) is 109 Å². The van der Waals surface area contributed by atoms with Gasteiger partial charge in [0, 0.05) is 22.3 Å². The summed E-state index contributed by atoms with van der Waals surface area (Å²) in [6.07, 6.45) is 1.83. The Morgan fingerprint density at radius 3 is 0.898 bits per heavy atom. The molecule has 0 aliphatic carbocycles. The highest BCUT2D eigenvalue weighted by Gasteiger charge is 2.51. The average molecular weight is 664 g/mol. The van der Waals surface area contributed by atoms with E-state index in [1.54, 1.807) is 0 Å². The van der Waals surface area contributed by atoms with Crippen molar-refractivity contribution in [3.63, 3.8) is 0 Å². The second-order valence-corrected chi connectivity index (χ2v) is 17.9. The van der Waals surface area contributed by atoms with Crippen LogP contribution in [0.5, 0.6) is 0 Å². The van der Waals surface area contributed by atoms with Crippen molar-refractivity contribution >= 4 is 18.4 Å². The van der Waals surface area contributed by atoms with Gasteiger partial charge in [0.05, 0.1) is 35.1 Å². The molecule has 4 aromatic carbocycles. The van der Waals surface area contributed by atoms with E-state index >= 15 is 0 Å². The molecule has 0 amide bonds. The van der Waals surface area contributed by atoms with Crippen LogP contribution in [0.1, 0.15) is 49.9 Å². The van der Waals surface area contributed by atoms with E-state index in [9.17, 15) is 0 Å². The summed E-state index contributed by atoms with van der Waals surface area (Å²) in [5.74, 6) is 0.767. The first kappa shape index (κ1) is 34.3. The number of aromatic nitrogens is 4. The molecule has 2 aromatic heterocycles. The molecule has 0 N–H and O–H groups in total. The predicted molar refractivity (Wildman–Crippen MR) is 210 cm³/mol. The lowest BCUT2D eigenvalue weighted by Crippen LogP contribution is -2.38. The standard InChI is InChI=1S/C44H48N4P/c1-29(2)27-49(28-30(3)4,43-45-39(35-17-9-13-31(5)21-35)25-40(46-43)36-18-10-14-32(6)22-36)44-47-41(37-19-11-15-33(7)23-37)26-42(48-44)38-20-12-16-34(8)24-38/h9-26,29-30H,27-28H2,1-8H3/q+1. The molecule has 6 rings (SSSR count). The molecule has 4 nitrogen and oxygen atoms in total. The molecule has 0 atom stereocenters. The molecule has 0 fully saturated rings. The van der Waals surface area contributed by atoms with Crippen LogP contribution in [-0.2, 0) is 0 Å². The van der Waals surface area contributed by atoms with Crippen molar-refractivity contribution in [2.24, 2.45) is 11.8 Å². The first-order valence-electron chi connectivity index (χ1n) is 17.4. The third-order valence-electron chi connectivity index (χ3n) is 8.80.